The molecule has 13 nitrogen and oxygen atoms in total. The number of nitrogens with zero attached hydrogens (tertiary/aromatic N) is 3. The van der Waals surface area contributed by atoms with E-state index in [9.17, 15) is 24.0 Å². The highest BCUT2D eigenvalue weighted by atomic mass is 32.1. The zero-order valence-corrected chi connectivity index (χ0v) is 39.7. The first-order valence-corrected chi connectivity index (χ1v) is 19.9. The van der Waals surface area contributed by atoms with Gasteiger partial charge in [0.15, 0.2) is 0 Å². The Morgan fingerprint density at radius 1 is 0.770 bits per heavy atom. The molecule has 2 saturated heterocycles. The number of methoxy groups -OCH3 is 2. The molecule has 4 aromatic rings. The van der Waals surface area contributed by atoms with Gasteiger partial charge in [-0.25, -0.2) is 9.78 Å². The lowest BCUT2D eigenvalue weighted by Crippen LogP contribution is -2.51. The maximum absolute atomic E-state index is 13.6. The summed E-state index contributed by atoms with van der Waals surface area (Å²) in [6.45, 7) is 9.17. The zero-order chi connectivity index (χ0) is 40.8. The molecule has 3 heterocycles. The smallest absolute Gasteiger partial charge is 0.407 e. The van der Waals surface area contributed by atoms with E-state index in [4.69, 9.17) is 14.5 Å². The number of hydrogen-bond acceptors (Lipinski definition) is 8. The Balaban J connectivity index is 0.00000320. The van der Waals surface area contributed by atoms with Crippen LogP contribution in [0.1, 0.15) is 82.0 Å². The van der Waals surface area contributed by atoms with Crippen molar-refractivity contribution in [3.8, 4) is 22.4 Å². The number of benzene rings is 3. The first-order valence-electron chi connectivity index (χ1n) is 19.9. The van der Waals surface area contributed by atoms with Crippen LogP contribution in [0.25, 0.3) is 33.2 Å². The zero-order valence-electron chi connectivity index (χ0n) is 35.7. The molecule has 4 atom stereocenters. The first kappa shape index (κ1) is 52.8. The summed E-state index contributed by atoms with van der Waals surface area (Å²) in [5.74, 6) is -0.721. The highest BCUT2D eigenvalue weighted by molar-refractivity contribution is 7.59. The molecule has 17 heteroatoms. The van der Waals surface area contributed by atoms with Gasteiger partial charge in [-0.3, -0.25) is 19.2 Å². The molecule has 61 heavy (non-hydrogen) atoms. The minimum atomic E-state index is -0.700. The third-order valence-electron chi connectivity index (χ3n) is 11.3. The molecule has 2 aliphatic rings. The van der Waals surface area contributed by atoms with Gasteiger partial charge in [0.05, 0.1) is 44.5 Å². The van der Waals surface area contributed by atoms with Gasteiger partial charge in [0.25, 0.3) is 5.91 Å². The van der Waals surface area contributed by atoms with Crippen LogP contribution >= 0.6 is 54.0 Å². The van der Waals surface area contributed by atoms with Gasteiger partial charge in [-0.2, -0.15) is 54.0 Å². The van der Waals surface area contributed by atoms with E-state index < -0.39 is 24.0 Å². The average Bonchev–Trinajstić information content (AvgIpc) is 4.01. The van der Waals surface area contributed by atoms with Crippen LogP contribution in [0.4, 0.5) is 4.79 Å². The average molecular weight is 915 g/mol. The van der Waals surface area contributed by atoms with Crippen molar-refractivity contribution in [2.24, 2.45) is 17.8 Å². The van der Waals surface area contributed by atoms with Crippen LogP contribution in [0.3, 0.4) is 0 Å². The number of H-pyrrole nitrogens is 1. The van der Waals surface area contributed by atoms with Crippen molar-refractivity contribution in [1.29, 1.82) is 0 Å². The molecule has 0 aliphatic carbocycles. The molecule has 4 amide bonds. The number of rotatable bonds is 13. The van der Waals surface area contributed by atoms with Crippen molar-refractivity contribution in [1.82, 2.24) is 30.4 Å². The van der Waals surface area contributed by atoms with Crippen LogP contribution in [-0.2, 0) is 23.9 Å². The number of amides is 4. The molecule has 0 bridgehead atoms. The first-order chi connectivity index (χ1) is 27.4. The minimum Gasteiger partial charge on any atom is -0.469 e. The molecular weight excluding hydrogens is 853 g/mol. The number of aromatic nitrogens is 2. The van der Waals surface area contributed by atoms with Gasteiger partial charge in [0.2, 0.25) is 11.8 Å². The van der Waals surface area contributed by atoms with Crippen LogP contribution < -0.4 is 10.6 Å². The predicted octanol–water partition coefficient (Wildman–Crippen LogP) is 6.95. The Hall–Kier alpha value is -4.32. The van der Waals surface area contributed by atoms with Gasteiger partial charge in [0, 0.05) is 36.8 Å². The molecule has 3 aromatic carbocycles. The van der Waals surface area contributed by atoms with Crippen molar-refractivity contribution in [3.63, 3.8) is 0 Å². The van der Waals surface area contributed by atoms with E-state index in [-0.39, 0.29) is 102 Å². The third kappa shape index (κ3) is 12.4. The minimum absolute atomic E-state index is 0. The fourth-order valence-electron chi connectivity index (χ4n) is 8.01. The van der Waals surface area contributed by atoms with Gasteiger partial charge in [-0.1, -0.05) is 64.1 Å². The van der Waals surface area contributed by atoms with E-state index in [1.807, 2.05) is 62.9 Å². The Labute approximate surface area is 386 Å². The number of fused-ring (bicyclic) bond motifs is 1. The summed E-state index contributed by atoms with van der Waals surface area (Å²) in [6.07, 6.45) is 4.44. The number of likely N-dealkylation sites (tertiary alicyclic amines) is 2. The molecule has 0 radical (unpaired) electrons. The van der Waals surface area contributed by atoms with E-state index in [0.717, 1.165) is 58.8 Å². The molecule has 0 saturated carbocycles. The molecule has 334 valence electrons. The van der Waals surface area contributed by atoms with Gasteiger partial charge in [-0.05, 0) is 83.7 Å². The van der Waals surface area contributed by atoms with Crippen LogP contribution in [-0.4, -0.2) is 95.5 Å². The highest BCUT2D eigenvalue weighted by Gasteiger charge is 2.38. The van der Waals surface area contributed by atoms with E-state index in [2.05, 4.69) is 39.9 Å². The van der Waals surface area contributed by atoms with Crippen molar-refractivity contribution in [2.75, 3.05) is 33.9 Å². The number of carbonyl (C=O) groups is 5. The number of ether oxygens (including phenoxy) is 2. The summed E-state index contributed by atoms with van der Waals surface area (Å²) in [6, 6.07) is 18.9. The van der Waals surface area contributed by atoms with E-state index in [0.29, 0.717) is 31.0 Å². The molecule has 1 aromatic heterocycles. The van der Waals surface area contributed by atoms with E-state index >= 15 is 0 Å². The second kappa shape index (κ2) is 23.8. The van der Waals surface area contributed by atoms with Crippen LogP contribution in [0, 0.1) is 17.8 Å². The van der Waals surface area contributed by atoms with Gasteiger partial charge < -0.3 is 34.9 Å². The Morgan fingerprint density at radius 3 is 2.07 bits per heavy atom. The number of carbonyl (C=O) groups excluding carboxylic acids is 5. The monoisotopic (exact) mass is 914 g/mol. The summed E-state index contributed by atoms with van der Waals surface area (Å²) in [7, 11) is 2.62. The third-order valence-corrected chi connectivity index (χ3v) is 11.3. The number of imidazole rings is 1. The fraction of sp³-hybridized carbons (Fsp3) is 0.455. The van der Waals surface area contributed by atoms with Crippen molar-refractivity contribution < 1.29 is 33.4 Å². The lowest BCUT2D eigenvalue weighted by atomic mass is 9.91. The van der Waals surface area contributed by atoms with Crippen molar-refractivity contribution in [3.05, 3.63) is 78.2 Å². The molecule has 6 rings (SSSR count). The number of hydrogen-bond donors (Lipinski definition) is 3. The quantitative estimate of drug-likeness (QED) is 0.122. The maximum atomic E-state index is 13.6. The molecule has 0 spiro atoms. The summed E-state index contributed by atoms with van der Waals surface area (Å²) in [5.41, 5.74) is 4.21. The summed E-state index contributed by atoms with van der Waals surface area (Å²) in [5, 5.41) is 7.82. The van der Waals surface area contributed by atoms with Crippen LogP contribution in [0.15, 0.2) is 66.9 Å². The lowest BCUT2D eigenvalue weighted by molar-refractivity contribution is -0.148. The number of alkyl carbamates (subject to hydrolysis) is 1. The van der Waals surface area contributed by atoms with Crippen molar-refractivity contribution >= 4 is 94.5 Å². The lowest BCUT2D eigenvalue weighted by Gasteiger charge is -2.30. The highest BCUT2D eigenvalue weighted by Crippen LogP contribution is 2.34. The number of aromatic amines is 1. The number of nitrogens with one attached hydrogen (secondary N) is 3. The normalized spacial score (nSPS) is 16.7. The number of esters is 1. The topological polar surface area (TPSA) is 163 Å². The Kier molecular flexibility index (Phi) is 20.6. The largest absolute Gasteiger partial charge is 0.469 e. The van der Waals surface area contributed by atoms with E-state index in [1.165, 1.54) is 14.2 Å². The summed E-state index contributed by atoms with van der Waals surface area (Å²) in [4.78, 5) is 76.2. The van der Waals surface area contributed by atoms with Gasteiger partial charge in [-0.15, -0.1) is 0 Å². The Morgan fingerprint density at radius 2 is 1.41 bits per heavy atom. The summed E-state index contributed by atoms with van der Waals surface area (Å²) >= 11 is 0. The van der Waals surface area contributed by atoms with Gasteiger partial charge >= 0.3 is 12.1 Å². The standard InChI is InChI=1S/C44H54N6O7.4H2S/c1-26(2)35(23-38(51)56-5)42(53)49-18-8-12-34(49)24-46-41(52)33-11-7-10-28(22-33)29-14-15-31-21-32(17-16-30(31)20-29)36-25-45-40(47-36)37-13-9-19-50(37)43(54)39(27(3)4)48-44(55)57-6;;;;/h7,10-11,14-17,20-22,25-27,34-35,37,39H,8-9,12-13,18-19,23-24H2,1-6H3,(H,45,47)(H,46,52)(H,48,55);4*1H2/t34-,35-,37-,39-;;;;/m0..../s1. The van der Waals surface area contributed by atoms with Crippen LogP contribution in [0.2, 0.25) is 0 Å². The predicted molar refractivity (Wildman–Crippen MR) is 258 cm³/mol. The molecule has 0 unspecified atom stereocenters. The molecule has 2 fully saturated rings. The van der Waals surface area contributed by atoms with Crippen molar-refractivity contribution in [2.45, 2.75) is 77.9 Å². The maximum Gasteiger partial charge on any atom is 0.407 e. The van der Waals surface area contributed by atoms with Crippen LogP contribution in [0.5, 0.6) is 0 Å². The molecule has 3 N–H and O–H groups in total. The van der Waals surface area contributed by atoms with Gasteiger partial charge in [0.1, 0.15) is 11.9 Å². The summed E-state index contributed by atoms with van der Waals surface area (Å²) < 4.78 is 9.59. The van der Waals surface area contributed by atoms with E-state index in [1.54, 1.807) is 17.2 Å². The molecular formula is C44H62N6O7S4. The molecule has 2 aliphatic heterocycles. The second-order valence-corrected chi connectivity index (χ2v) is 15.8. The SMILES string of the molecule is COC(=O)C[C@H](C(=O)N1CCC[C@H]1CNC(=O)c1cccc(-c2ccc3cc(-c4cnc([C@@H]5CCCN5C(=O)[C@@H](NC(=O)OC)C(C)C)[nH]4)ccc3c2)c1)C(C)C.S.S.S.S. The fourth-order valence-corrected chi connectivity index (χ4v) is 8.01. The second-order valence-electron chi connectivity index (χ2n) is 15.8. The Bertz CT molecular complexity index is 2130.